The minimum atomic E-state index is 0. The number of hydrogen-bond donors (Lipinski definition) is 0. The van der Waals surface area contributed by atoms with E-state index in [0.29, 0.717) is 11.5 Å². The number of para-hydroxylation sites is 2. The summed E-state index contributed by atoms with van der Waals surface area (Å²) >= 11 is 0. The first kappa shape index (κ1) is 27.1. The van der Waals surface area contributed by atoms with Crippen LogP contribution in [0.2, 0.25) is 0 Å². The van der Waals surface area contributed by atoms with Crippen LogP contribution in [-0.2, 0) is 27.5 Å². The first-order valence-corrected chi connectivity index (χ1v) is 15.1. The predicted molar refractivity (Wildman–Crippen MR) is 180 cm³/mol. The molecule has 9 aromatic rings. The average Bonchev–Trinajstić information content (AvgIpc) is 3.62. The molecule has 0 aliphatic carbocycles. The number of hydrogen-bond acceptors (Lipinski definition) is 3. The molecular weight excluding hydrogens is 748 g/mol. The number of rotatable bonds is 3. The topological polar surface area (TPSA) is 44.4 Å². The van der Waals surface area contributed by atoms with Gasteiger partial charge in [0.2, 0.25) is 0 Å². The van der Waals surface area contributed by atoms with Gasteiger partial charge in [-0.3, -0.25) is 4.98 Å². The second-order valence-electron chi connectivity index (χ2n) is 11.7. The average molecular weight is 772 g/mol. The summed E-state index contributed by atoms with van der Waals surface area (Å²) in [4.78, 5) is 9.88. The summed E-state index contributed by atoms with van der Waals surface area (Å²) in [5.41, 5.74) is 10.8. The number of benzene rings is 5. The molecule has 10 rings (SSSR count). The Morgan fingerprint density at radius 2 is 1.46 bits per heavy atom. The number of fused-ring (bicyclic) bond motifs is 11. The molecule has 0 spiro atoms. The van der Waals surface area contributed by atoms with Gasteiger partial charge in [-0.2, -0.15) is 6.07 Å². The molecule has 0 saturated heterocycles. The molecule has 0 N–H and O–H groups in total. The summed E-state index contributed by atoms with van der Waals surface area (Å²) in [6.07, 6.45) is 2.70. The van der Waals surface area contributed by atoms with Crippen molar-refractivity contribution >= 4 is 49.3 Å². The molecule has 6 heteroatoms. The van der Waals surface area contributed by atoms with Crippen molar-refractivity contribution in [1.82, 2.24) is 18.9 Å². The van der Waals surface area contributed by atoms with Crippen LogP contribution >= 0.6 is 0 Å². The van der Waals surface area contributed by atoms with Gasteiger partial charge in [0, 0.05) is 34.0 Å². The van der Waals surface area contributed by atoms with Gasteiger partial charge < -0.3 is 13.7 Å². The molecule has 0 amide bonds. The molecule has 5 aromatic carbocycles. The SMILES string of the molecule is Cc1nc2c3[c-]c(Oc4[c-]c5c(cc4)Cc4cccc6c7cccnc7n-5c46)ccc3c3ccccc3n2c1-c1ccccc1.[Pt+2]. The van der Waals surface area contributed by atoms with E-state index >= 15 is 0 Å². The van der Waals surface area contributed by atoms with Crippen LogP contribution < -0.4 is 4.74 Å². The number of aryl methyl sites for hydroxylation is 1. The molecule has 5 heterocycles. The van der Waals surface area contributed by atoms with E-state index in [4.69, 9.17) is 14.7 Å². The number of pyridine rings is 2. The third kappa shape index (κ3) is 3.79. The van der Waals surface area contributed by atoms with Crippen LogP contribution in [0.25, 0.3) is 66.2 Å². The number of nitrogens with zero attached hydrogens (tertiary/aromatic N) is 4. The van der Waals surface area contributed by atoms with Crippen molar-refractivity contribution in [3.8, 4) is 28.4 Å². The van der Waals surface area contributed by atoms with Gasteiger partial charge in [-0.1, -0.05) is 89.3 Å². The Morgan fingerprint density at radius 3 is 2.37 bits per heavy atom. The van der Waals surface area contributed by atoms with Gasteiger partial charge in [-0.25, -0.2) is 4.98 Å². The molecule has 1 aliphatic heterocycles. The van der Waals surface area contributed by atoms with Gasteiger partial charge in [-0.05, 0) is 48.1 Å². The fourth-order valence-electron chi connectivity index (χ4n) is 7.24. The van der Waals surface area contributed by atoms with Crippen LogP contribution in [0.15, 0.2) is 115 Å². The fourth-order valence-corrected chi connectivity index (χ4v) is 7.24. The van der Waals surface area contributed by atoms with E-state index in [0.717, 1.165) is 67.4 Å². The van der Waals surface area contributed by atoms with Crippen molar-refractivity contribution in [2.24, 2.45) is 0 Å². The molecule has 46 heavy (non-hydrogen) atoms. The van der Waals surface area contributed by atoms with Crippen molar-refractivity contribution in [3.05, 3.63) is 144 Å². The van der Waals surface area contributed by atoms with Crippen molar-refractivity contribution in [3.63, 3.8) is 0 Å². The van der Waals surface area contributed by atoms with Crippen molar-refractivity contribution in [2.75, 3.05) is 0 Å². The van der Waals surface area contributed by atoms with Crippen LogP contribution in [0, 0.1) is 19.1 Å². The molecule has 0 fully saturated rings. The number of aromatic nitrogens is 4. The van der Waals surface area contributed by atoms with Crippen molar-refractivity contribution < 1.29 is 25.8 Å². The van der Waals surface area contributed by atoms with Gasteiger partial charge >= 0.3 is 21.1 Å². The van der Waals surface area contributed by atoms with Crippen molar-refractivity contribution in [2.45, 2.75) is 13.3 Å². The predicted octanol–water partition coefficient (Wildman–Crippen LogP) is 9.40. The van der Waals surface area contributed by atoms with E-state index in [9.17, 15) is 0 Å². The maximum Gasteiger partial charge on any atom is 2.00 e. The Hall–Kier alpha value is -5.25. The Kier molecular flexibility index (Phi) is 5.97. The van der Waals surface area contributed by atoms with Crippen molar-refractivity contribution in [1.29, 1.82) is 0 Å². The van der Waals surface area contributed by atoms with E-state index in [-0.39, 0.29) is 21.1 Å². The smallest absolute Gasteiger partial charge is 0.503 e. The van der Waals surface area contributed by atoms with Crippen LogP contribution in [0.4, 0.5) is 0 Å². The molecule has 0 atom stereocenters. The molecule has 0 unspecified atom stereocenters. The Labute approximate surface area is 279 Å². The zero-order valence-corrected chi connectivity index (χ0v) is 27.0. The standard InChI is InChI=1S/C40H24N4O.Pt/c1-24-37(25-9-3-2-4-10-25)43-35-15-6-5-12-31(35)30-19-18-28(22-34(30)40(43)42-24)45-29-17-16-26-21-27-11-7-13-32-33-14-8-20-41-39(33)44(38(27)32)36(26)23-29;/h2-20H,21H2,1H3;/q-2;+2. The van der Waals surface area contributed by atoms with Gasteiger partial charge in [0.25, 0.3) is 0 Å². The number of ether oxygens (including phenoxy) is 1. The Balaban J connectivity index is 0.00000292. The van der Waals surface area contributed by atoms with E-state index in [2.05, 4.69) is 113 Å². The molecule has 0 saturated carbocycles. The molecule has 4 aromatic heterocycles. The zero-order valence-electron chi connectivity index (χ0n) is 24.7. The summed E-state index contributed by atoms with van der Waals surface area (Å²) in [5, 5.41) is 5.52. The minimum Gasteiger partial charge on any atom is -0.503 e. The van der Waals surface area contributed by atoms with E-state index in [1.807, 2.05) is 30.5 Å². The summed E-state index contributed by atoms with van der Waals surface area (Å²) in [6, 6.07) is 45.1. The largest absolute Gasteiger partial charge is 2.00 e. The summed E-state index contributed by atoms with van der Waals surface area (Å²) in [6.45, 7) is 2.08. The third-order valence-electron chi connectivity index (χ3n) is 9.11. The summed E-state index contributed by atoms with van der Waals surface area (Å²) < 4.78 is 11.0. The van der Waals surface area contributed by atoms with Crippen LogP contribution in [-0.4, -0.2) is 18.9 Å². The second-order valence-corrected chi connectivity index (χ2v) is 11.7. The maximum atomic E-state index is 6.53. The van der Waals surface area contributed by atoms with Gasteiger partial charge in [-0.15, -0.1) is 29.8 Å². The normalized spacial score (nSPS) is 12.2. The molecule has 0 radical (unpaired) electrons. The van der Waals surface area contributed by atoms with Crippen LogP contribution in [0.5, 0.6) is 11.5 Å². The third-order valence-corrected chi connectivity index (χ3v) is 9.11. The summed E-state index contributed by atoms with van der Waals surface area (Å²) in [5.74, 6) is 1.26. The second kappa shape index (κ2) is 10.1. The number of imidazole rings is 1. The zero-order chi connectivity index (χ0) is 29.6. The maximum absolute atomic E-state index is 6.53. The Morgan fingerprint density at radius 1 is 0.674 bits per heavy atom. The fraction of sp³-hybridized carbons (Fsp3) is 0.0500. The Bertz CT molecular complexity index is 2670. The van der Waals surface area contributed by atoms with Gasteiger partial charge in [0.1, 0.15) is 5.65 Å². The van der Waals surface area contributed by atoms with E-state index in [1.165, 1.54) is 22.0 Å². The molecular formula is C40H24N4OPt. The molecule has 220 valence electrons. The molecule has 0 bridgehead atoms. The van der Waals surface area contributed by atoms with E-state index in [1.54, 1.807) is 0 Å². The monoisotopic (exact) mass is 771 g/mol. The quantitative estimate of drug-likeness (QED) is 0.133. The summed E-state index contributed by atoms with van der Waals surface area (Å²) in [7, 11) is 0. The molecule has 1 aliphatic rings. The minimum absolute atomic E-state index is 0. The first-order chi connectivity index (χ1) is 22.2. The van der Waals surface area contributed by atoms with Gasteiger partial charge in [0.05, 0.1) is 22.6 Å². The van der Waals surface area contributed by atoms with Gasteiger partial charge in [0.15, 0.2) is 0 Å². The van der Waals surface area contributed by atoms with E-state index < -0.39 is 0 Å². The van der Waals surface area contributed by atoms with Crippen LogP contribution in [0.3, 0.4) is 0 Å². The molecule has 5 nitrogen and oxygen atoms in total. The van der Waals surface area contributed by atoms with Crippen LogP contribution in [0.1, 0.15) is 16.8 Å². The first-order valence-electron chi connectivity index (χ1n) is 15.1.